The average molecular weight is 515 g/mol. The maximum Gasteiger partial charge on any atom is 0.186 e. The number of hydrogen-bond acceptors (Lipinski definition) is 2. The summed E-state index contributed by atoms with van der Waals surface area (Å²) in [6, 6.07) is 43.0. The lowest BCUT2D eigenvalue weighted by molar-refractivity contribution is -0.0319. The lowest BCUT2D eigenvalue weighted by atomic mass is 9.74. The van der Waals surface area contributed by atoms with E-state index in [2.05, 4.69) is 135 Å². The fraction of sp³-hybridized carbons (Fsp3) is 0.200. The summed E-state index contributed by atoms with van der Waals surface area (Å²) < 4.78 is 14.0. The van der Waals surface area contributed by atoms with Gasteiger partial charge >= 0.3 is 0 Å². The minimum absolute atomic E-state index is 0.0344. The molecular formula is C35H31O2P. The lowest BCUT2D eigenvalue weighted by Gasteiger charge is -2.32. The summed E-state index contributed by atoms with van der Waals surface area (Å²) in [5.74, 6) is 0. The van der Waals surface area contributed by atoms with E-state index in [1.165, 1.54) is 32.9 Å². The van der Waals surface area contributed by atoms with Crippen LogP contribution in [0, 0.1) is 5.41 Å². The Bertz CT molecular complexity index is 1460. The van der Waals surface area contributed by atoms with Gasteiger partial charge in [-0.15, -0.1) is 0 Å². The first kappa shape index (κ1) is 23.8. The molecule has 2 bridgehead atoms. The van der Waals surface area contributed by atoms with Crippen LogP contribution in [-0.2, 0) is 9.47 Å². The molecule has 0 aromatic heterocycles. The van der Waals surface area contributed by atoms with Crippen molar-refractivity contribution in [2.24, 2.45) is 5.41 Å². The van der Waals surface area contributed by atoms with Crippen molar-refractivity contribution in [3.63, 3.8) is 0 Å². The number of benzene rings is 4. The Hall–Kier alpha value is -3.29. The number of fused-ring (bicyclic) bond motifs is 2. The van der Waals surface area contributed by atoms with E-state index < -0.39 is 7.92 Å². The highest BCUT2D eigenvalue weighted by Gasteiger charge is 2.56. The van der Waals surface area contributed by atoms with Gasteiger partial charge in [-0.05, 0) is 54.1 Å². The molecule has 3 heteroatoms. The molecule has 0 aliphatic carbocycles. The largest absolute Gasteiger partial charge is 0.337 e. The topological polar surface area (TPSA) is 18.5 Å². The third-order valence-corrected chi connectivity index (χ3v) is 11.5. The Labute approximate surface area is 226 Å². The minimum atomic E-state index is -0.601. The van der Waals surface area contributed by atoms with Gasteiger partial charge in [-0.25, -0.2) is 0 Å². The summed E-state index contributed by atoms with van der Waals surface area (Å²) in [6.45, 7) is 4.78. The van der Waals surface area contributed by atoms with Crippen molar-refractivity contribution in [1.82, 2.24) is 0 Å². The summed E-state index contributed by atoms with van der Waals surface area (Å²) >= 11 is 0. The molecule has 0 spiro atoms. The molecule has 4 aromatic rings. The van der Waals surface area contributed by atoms with Crippen LogP contribution in [-0.4, -0.2) is 12.5 Å². The first-order chi connectivity index (χ1) is 18.6. The minimum Gasteiger partial charge on any atom is -0.337 e. The van der Waals surface area contributed by atoms with Gasteiger partial charge in [0, 0.05) is 10.7 Å². The Morgan fingerprint density at radius 3 is 1.58 bits per heavy atom. The zero-order chi connectivity index (χ0) is 25.7. The van der Waals surface area contributed by atoms with Crippen LogP contribution in [0.5, 0.6) is 0 Å². The maximum absolute atomic E-state index is 6.98. The maximum atomic E-state index is 6.98. The Morgan fingerprint density at radius 2 is 1.08 bits per heavy atom. The van der Waals surface area contributed by atoms with Crippen molar-refractivity contribution in [2.45, 2.75) is 32.3 Å². The van der Waals surface area contributed by atoms with Crippen molar-refractivity contribution >= 4 is 18.8 Å². The number of ether oxygens (including phenoxy) is 2. The first-order valence-electron chi connectivity index (χ1n) is 13.4. The normalized spacial score (nSPS) is 26.9. The standard InChI is InChI=1S/C35H31O2P/c1-24-32(28-21-13-6-14-22-28)38-23-35(24,2)29(25-15-7-3-8-16-25)33(38)34-36-30(26-17-9-4-10-18-26)31(37-34)27-19-11-5-12-20-27/h3-22,30-31,34H,23H2,1-2H3/t30-,31-,35+,38?/m0/s1. The molecule has 4 aromatic carbocycles. The van der Waals surface area contributed by atoms with Crippen LogP contribution in [0.3, 0.4) is 0 Å². The van der Waals surface area contributed by atoms with Crippen molar-refractivity contribution < 1.29 is 9.47 Å². The molecule has 1 unspecified atom stereocenters. The van der Waals surface area contributed by atoms with E-state index in [4.69, 9.17) is 9.47 Å². The highest BCUT2D eigenvalue weighted by Crippen LogP contribution is 2.79. The summed E-state index contributed by atoms with van der Waals surface area (Å²) in [4.78, 5) is 0. The van der Waals surface area contributed by atoms with Crippen molar-refractivity contribution in [1.29, 1.82) is 0 Å². The molecule has 0 radical (unpaired) electrons. The van der Waals surface area contributed by atoms with E-state index in [1.54, 1.807) is 0 Å². The van der Waals surface area contributed by atoms with E-state index in [0.29, 0.717) is 0 Å². The Balaban J connectivity index is 1.38. The molecule has 0 amide bonds. The molecule has 188 valence electrons. The molecule has 0 saturated carbocycles. The molecule has 0 N–H and O–H groups in total. The van der Waals surface area contributed by atoms with Crippen LogP contribution in [0.1, 0.15) is 48.3 Å². The van der Waals surface area contributed by atoms with E-state index >= 15 is 0 Å². The smallest absolute Gasteiger partial charge is 0.186 e. The quantitative estimate of drug-likeness (QED) is 0.247. The molecule has 1 fully saturated rings. The number of allylic oxidation sites excluding steroid dienone is 2. The SMILES string of the molecule is CC1=C(c2ccccc2)P2C[C@@]1(C)C(c1ccccc1)=C2C1O[C@@H](c2ccccc2)[C@H](c2ccccc2)O1. The van der Waals surface area contributed by atoms with E-state index in [0.717, 1.165) is 17.3 Å². The van der Waals surface area contributed by atoms with Gasteiger partial charge in [0.1, 0.15) is 12.2 Å². The first-order valence-corrected chi connectivity index (χ1v) is 14.9. The van der Waals surface area contributed by atoms with Gasteiger partial charge in [-0.1, -0.05) is 134 Å². The summed E-state index contributed by atoms with van der Waals surface area (Å²) in [6.07, 6.45) is 0.399. The molecule has 3 heterocycles. The third-order valence-electron chi connectivity index (χ3n) is 8.43. The zero-order valence-electron chi connectivity index (χ0n) is 21.7. The van der Waals surface area contributed by atoms with E-state index in [9.17, 15) is 0 Å². The van der Waals surface area contributed by atoms with Gasteiger partial charge in [0.2, 0.25) is 0 Å². The predicted octanol–water partition coefficient (Wildman–Crippen LogP) is 9.20. The monoisotopic (exact) mass is 514 g/mol. The molecule has 38 heavy (non-hydrogen) atoms. The van der Waals surface area contributed by atoms with E-state index in [-0.39, 0.29) is 23.9 Å². The number of hydrogen-bond donors (Lipinski definition) is 0. The van der Waals surface area contributed by atoms with Crippen LogP contribution in [0.2, 0.25) is 0 Å². The molecule has 1 saturated heterocycles. The van der Waals surface area contributed by atoms with Crippen LogP contribution in [0.25, 0.3) is 10.9 Å². The highest BCUT2D eigenvalue weighted by molar-refractivity contribution is 7.73. The van der Waals surface area contributed by atoms with Crippen molar-refractivity contribution in [2.75, 3.05) is 6.16 Å². The van der Waals surface area contributed by atoms with Gasteiger partial charge in [-0.2, -0.15) is 0 Å². The van der Waals surface area contributed by atoms with Crippen LogP contribution in [0.4, 0.5) is 0 Å². The highest BCUT2D eigenvalue weighted by atomic mass is 31.1. The Morgan fingerprint density at radius 1 is 0.632 bits per heavy atom. The van der Waals surface area contributed by atoms with Gasteiger partial charge in [0.15, 0.2) is 6.29 Å². The fourth-order valence-corrected chi connectivity index (χ4v) is 10.2. The summed E-state index contributed by atoms with van der Waals surface area (Å²) in [5, 5.41) is 2.86. The molecule has 3 aliphatic heterocycles. The summed E-state index contributed by atoms with van der Waals surface area (Å²) in [7, 11) is -0.601. The third kappa shape index (κ3) is 3.75. The van der Waals surface area contributed by atoms with Gasteiger partial charge in [-0.3, -0.25) is 0 Å². The van der Waals surface area contributed by atoms with Gasteiger partial charge in [0.25, 0.3) is 0 Å². The predicted molar refractivity (Wildman–Crippen MR) is 157 cm³/mol. The molecule has 2 nitrogen and oxygen atoms in total. The van der Waals surface area contributed by atoms with Gasteiger partial charge in [0.05, 0.1) is 0 Å². The molecular weight excluding hydrogens is 483 g/mol. The molecule has 4 atom stereocenters. The van der Waals surface area contributed by atoms with E-state index in [1.807, 2.05) is 0 Å². The Kier molecular flexibility index (Phi) is 5.93. The zero-order valence-corrected chi connectivity index (χ0v) is 22.6. The second kappa shape index (κ2) is 9.47. The average Bonchev–Trinajstić information content (AvgIpc) is 3.62. The second-order valence-electron chi connectivity index (χ2n) is 10.7. The van der Waals surface area contributed by atoms with Crippen LogP contribution in [0.15, 0.2) is 132 Å². The fourth-order valence-electron chi connectivity index (χ4n) is 6.51. The molecule has 3 aliphatic rings. The number of rotatable bonds is 5. The van der Waals surface area contributed by atoms with Crippen LogP contribution < -0.4 is 0 Å². The lowest BCUT2D eigenvalue weighted by Crippen LogP contribution is -2.21. The second-order valence-corrected chi connectivity index (χ2v) is 12.8. The molecule has 7 rings (SSSR count). The van der Waals surface area contributed by atoms with Crippen LogP contribution >= 0.6 is 7.92 Å². The van der Waals surface area contributed by atoms with Crippen molar-refractivity contribution in [3.8, 4) is 0 Å². The van der Waals surface area contributed by atoms with Gasteiger partial charge < -0.3 is 9.47 Å². The van der Waals surface area contributed by atoms with Crippen molar-refractivity contribution in [3.05, 3.63) is 154 Å². The summed E-state index contributed by atoms with van der Waals surface area (Å²) in [5.41, 5.74) is 7.80.